The molecule has 1 N–H and O–H groups in total. The van der Waals surface area contributed by atoms with Gasteiger partial charge in [0, 0.05) is 5.41 Å². The Bertz CT molecular complexity index is 255. The van der Waals surface area contributed by atoms with Gasteiger partial charge < -0.3 is 5.32 Å². The van der Waals surface area contributed by atoms with Crippen LogP contribution in [0.5, 0.6) is 0 Å². The first-order valence-corrected chi connectivity index (χ1v) is 7.18. The molecule has 0 atom stereocenters. The SMILES string of the molecule is CC1CCC(CCNCC#CC(C)(C)C)CC1. The van der Waals surface area contributed by atoms with E-state index in [1.165, 1.54) is 32.1 Å². The molecule has 1 saturated carbocycles. The predicted molar refractivity (Wildman–Crippen MR) is 75.8 cm³/mol. The molecule has 0 aliphatic heterocycles. The summed E-state index contributed by atoms with van der Waals surface area (Å²) in [6.07, 6.45) is 7.10. The Morgan fingerprint density at radius 1 is 1.12 bits per heavy atom. The molecule has 1 fully saturated rings. The Balaban J connectivity index is 2.02. The zero-order chi connectivity index (χ0) is 12.7. The van der Waals surface area contributed by atoms with E-state index >= 15 is 0 Å². The molecule has 0 heterocycles. The first-order valence-electron chi connectivity index (χ1n) is 7.18. The lowest BCUT2D eigenvalue weighted by Crippen LogP contribution is -2.21. The summed E-state index contributed by atoms with van der Waals surface area (Å²) in [4.78, 5) is 0. The first kappa shape index (κ1) is 14.6. The van der Waals surface area contributed by atoms with Crippen LogP contribution in [0.1, 0.15) is 59.8 Å². The van der Waals surface area contributed by atoms with Crippen LogP contribution >= 0.6 is 0 Å². The van der Waals surface area contributed by atoms with E-state index in [2.05, 4.69) is 44.9 Å². The molecule has 98 valence electrons. The van der Waals surface area contributed by atoms with Gasteiger partial charge in [0.1, 0.15) is 0 Å². The van der Waals surface area contributed by atoms with Crippen LogP contribution in [0.2, 0.25) is 0 Å². The predicted octanol–water partition coefficient (Wildman–Crippen LogP) is 3.84. The molecule has 1 aliphatic rings. The van der Waals surface area contributed by atoms with Crippen LogP contribution in [-0.4, -0.2) is 13.1 Å². The molecule has 1 rings (SSSR count). The maximum Gasteiger partial charge on any atom is 0.0576 e. The molecule has 1 heteroatoms. The largest absolute Gasteiger partial charge is 0.306 e. The third-order valence-electron chi connectivity index (χ3n) is 3.54. The van der Waals surface area contributed by atoms with Gasteiger partial charge in [-0.3, -0.25) is 0 Å². The second-order valence-corrected chi connectivity index (χ2v) is 6.64. The fourth-order valence-electron chi connectivity index (χ4n) is 2.38. The minimum absolute atomic E-state index is 0.140. The first-order chi connectivity index (χ1) is 7.97. The van der Waals surface area contributed by atoms with E-state index in [9.17, 15) is 0 Å². The van der Waals surface area contributed by atoms with E-state index in [0.29, 0.717) is 0 Å². The van der Waals surface area contributed by atoms with Crippen molar-refractivity contribution in [2.75, 3.05) is 13.1 Å². The summed E-state index contributed by atoms with van der Waals surface area (Å²) in [5.74, 6) is 8.40. The highest BCUT2D eigenvalue weighted by Crippen LogP contribution is 2.29. The van der Waals surface area contributed by atoms with Crippen molar-refractivity contribution < 1.29 is 0 Å². The highest BCUT2D eigenvalue weighted by molar-refractivity contribution is 5.08. The molecule has 0 saturated heterocycles. The van der Waals surface area contributed by atoms with Crippen LogP contribution in [0.25, 0.3) is 0 Å². The van der Waals surface area contributed by atoms with Crippen LogP contribution in [0, 0.1) is 29.1 Å². The van der Waals surface area contributed by atoms with Crippen LogP contribution < -0.4 is 5.32 Å². The number of rotatable bonds is 4. The van der Waals surface area contributed by atoms with Gasteiger partial charge in [0.15, 0.2) is 0 Å². The molecular formula is C16H29N. The summed E-state index contributed by atoms with van der Waals surface area (Å²) in [6.45, 7) is 10.8. The molecule has 0 aromatic carbocycles. The second kappa shape index (κ2) is 7.07. The van der Waals surface area contributed by atoms with E-state index in [0.717, 1.165) is 24.9 Å². The zero-order valence-corrected chi connectivity index (χ0v) is 12.1. The summed E-state index contributed by atoms with van der Waals surface area (Å²) in [5, 5.41) is 3.44. The molecule has 0 bridgehead atoms. The second-order valence-electron chi connectivity index (χ2n) is 6.64. The average molecular weight is 235 g/mol. The van der Waals surface area contributed by atoms with Crippen molar-refractivity contribution in [1.29, 1.82) is 0 Å². The number of hydrogen-bond acceptors (Lipinski definition) is 1. The van der Waals surface area contributed by atoms with Crippen LogP contribution in [-0.2, 0) is 0 Å². The quantitative estimate of drug-likeness (QED) is 0.576. The summed E-state index contributed by atoms with van der Waals surface area (Å²) < 4.78 is 0. The monoisotopic (exact) mass is 235 g/mol. The molecule has 1 aliphatic carbocycles. The maximum absolute atomic E-state index is 3.44. The molecule has 0 radical (unpaired) electrons. The van der Waals surface area contributed by atoms with Gasteiger partial charge in [-0.2, -0.15) is 0 Å². The molecule has 0 aromatic rings. The van der Waals surface area contributed by atoms with Crippen molar-refractivity contribution >= 4 is 0 Å². The van der Waals surface area contributed by atoms with Crippen LogP contribution in [0.3, 0.4) is 0 Å². The smallest absolute Gasteiger partial charge is 0.0576 e. The van der Waals surface area contributed by atoms with Crippen molar-refractivity contribution in [1.82, 2.24) is 5.32 Å². The van der Waals surface area contributed by atoms with E-state index in [1.54, 1.807) is 0 Å². The molecule has 0 aromatic heterocycles. The highest BCUT2D eigenvalue weighted by atomic mass is 14.8. The topological polar surface area (TPSA) is 12.0 Å². The number of nitrogens with one attached hydrogen (secondary N) is 1. The summed E-state index contributed by atoms with van der Waals surface area (Å²) in [6, 6.07) is 0. The molecule has 1 nitrogen and oxygen atoms in total. The van der Waals surface area contributed by atoms with Crippen molar-refractivity contribution in [2.24, 2.45) is 17.3 Å². The lowest BCUT2D eigenvalue weighted by Gasteiger charge is -2.25. The van der Waals surface area contributed by atoms with E-state index < -0.39 is 0 Å². The zero-order valence-electron chi connectivity index (χ0n) is 12.1. The highest BCUT2D eigenvalue weighted by Gasteiger charge is 2.17. The normalized spacial score (nSPS) is 25.2. The Hall–Kier alpha value is -0.480. The minimum atomic E-state index is 0.140. The van der Waals surface area contributed by atoms with Gasteiger partial charge in [-0.15, -0.1) is 0 Å². The minimum Gasteiger partial charge on any atom is -0.306 e. The Morgan fingerprint density at radius 3 is 2.35 bits per heavy atom. The van der Waals surface area contributed by atoms with Crippen molar-refractivity contribution in [3.8, 4) is 11.8 Å². The Morgan fingerprint density at radius 2 is 1.76 bits per heavy atom. The maximum atomic E-state index is 3.44. The fraction of sp³-hybridized carbons (Fsp3) is 0.875. The van der Waals surface area contributed by atoms with Gasteiger partial charge in [-0.05, 0) is 45.6 Å². The van der Waals surface area contributed by atoms with Gasteiger partial charge in [0.25, 0.3) is 0 Å². The fourth-order valence-corrected chi connectivity index (χ4v) is 2.38. The van der Waals surface area contributed by atoms with Crippen molar-refractivity contribution in [2.45, 2.75) is 59.8 Å². The van der Waals surface area contributed by atoms with Crippen LogP contribution in [0.15, 0.2) is 0 Å². The van der Waals surface area contributed by atoms with Gasteiger partial charge in [-0.1, -0.05) is 44.4 Å². The van der Waals surface area contributed by atoms with E-state index in [1.807, 2.05) is 0 Å². The summed E-state index contributed by atoms with van der Waals surface area (Å²) in [5.41, 5.74) is 0.140. The number of hydrogen-bond donors (Lipinski definition) is 1. The third-order valence-corrected chi connectivity index (χ3v) is 3.54. The Kier molecular flexibility index (Phi) is 6.06. The van der Waals surface area contributed by atoms with Gasteiger partial charge in [0.2, 0.25) is 0 Å². The summed E-state index contributed by atoms with van der Waals surface area (Å²) in [7, 11) is 0. The third kappa shape index (κ3) is 7.45. The summed E-state index contributed by atoms with van der Waals surface area (Å²) >= 11 is 0. The van der Waals surface area contributed by atoms with Crippen molar-refractivity contribution in [3.63, 3.8) is 0 Å². The van der Waals surface area contributed by atoms with Crippen molar-refractivity contribution in [3.05, 3.63) is 0 Å². The van der Waals surface area contributed by atoms with E-state index in [-0.39, 0.29) is 5.41 Å². The van der Waals surface area contributed by atoms with Gasteiger partial charge >= 0.3 is 0 Å². The van der Waals surface area contributed by atoms with Gasteiger partial charge in [0.05, 0.1) is 6.54 Å². The molecule has 0 unspecified atom stereocenters. The Labute approximate surface area is 108 Å². The molecular weight excluding hydrogens is 206 g/mol. The van der Waals surface area contributed by atoms with Gasteiger partial charge in [-0.25, -0.2) is 0 Å². The lowest BCUT2D eigenvalue weighted by molar-refractivity contribution is 0.276. The molecule has 17 heavy (non-hydrogen) atoms. The molecule has 0 spiro atoms. The standard InChI is InChI=1S/C16H29N/c1-14-6-8-15(9-7-14)10-13-17-12-5-11-16(2,3)4/h14-15,17H,6-10,12-13H2,1-4H3. The van der Waals surface area contributed by atoms with E-state index in [4.69, 9.17) is 0 Å². The molecule has 0 amide bonds. The average Bonchev–Trinajstić information content (AvgIpc) is 2.24. The van der Waals surface area contributed by atoms with Crippen LogP contribution in [0.4, 0.5) is 0 Å². The lowest BCUT2D eigenvalue weighted by atomic mass is 9.81.